The number of amides is 1. The Balaban J connectivity index is 2.69. The zero-order valence-electron chi connectivity index (χ0n) is 13.7. The Kier molecular flexibility index (Phi) is 6.61. The van der Waals surface area contributed by atoms with Crippen LogP contribution in [0.4, 0.5) is 4.79 Å². The number of carbonyl (C=O) groups is 2. The third kappa shape index (κ3) is 5.63. The molecule has 0 aliphatic carbocycles. The van der Waals surface area contributed by atoms with Gasteiger partial charge >= 0.3 is 6.09 Å². The zero-order valence-corrected chi connectivity index (χ0v) is 13.7. The monoisotopic (exact) mass is 301 g/mol. The Labute approximate surface area is 126 Å². The summed E-state index contributed by atoms with van der Waals surface area (Å²) in [6.45, 7) is 6.13. The minimum absolute atomic E-state index is 0.145. The highest BCUT2D eigenvalue weighted by atomic mass is 16.7. The maximum absolute atomic E-state index is 12.2. The zero-order chi connectivity index (χ0) is 16.0. The van der Waals surface area contributed by atoms with Crippen molar-refractivity contribution in [2.45, 2.75) is 64.4 Å². The average molecular weight is 301 g/mol. The molecule has 1 aliphatic rings. The predicted octanol–water partition coefficient (Wildman–Crippen LogP) is 2.35. The number of piperidine rings is 1. The molecule has 122 valence electrons. The first-order valence-corrected chi connectivity index (χ1v) is 7.36. The van der Waals surface area contributed by atoms with Gasteiger partial charge in [-0.2, -0.15) is 0 Å². The molecule has 6 heteroatoms. The van der Waals surface area contributed by atoms with E-state index in [4.69, 9.17) is 14.2 Å². The highest BCUT2D eigenvalue weighted by Crippen LogP contribution is 2.23. The van der Waals surface area contributed by atoms with Crippen molar-refractivity contribution < 1.29 is 23.8 Å². The van der Waals surface area contributed by atoms with Gasteiger partial charge in [0.25, 0.3) is 0 Å². The van der Waals surface area contributed by atoms with Gasteiger partial charge in [0, 0.05) is 33.2 Å². The van der Waals surface area contributed by atoms with E-state index in [1.165, 1.54) is 14.2 Å². The maximum atomic E-state index is 12.2. The van der Waals surface area contributed by atoms with E-state index in [0.29, 0.717) is 6.54 Å². The van der Waals surface area contributed by atoms with Crippen LogP contribution in [0.25, 0.3) is 0 Å². The van der Waals surface area contributed by atoms with Crippen LogP contribution in [0.2, 0.25) is 0 Å². The summed E-state index contributed by atoms with van der Waals surface area (Å²) in [5.41, 5.74) is -0.537. The molecular formula is C15H27NO5. The van der Waals surface area contributed by atoms with E-state index < -0.39 is 11.9 Å². The van der Waals surface area contributed by atoms with Crippen molar-refractivity contribution in [2.24, 2.45) is 0 Å². The molecule has 0 spiro atoms. The number of hydrogen-bond acceptors (Lipinski definition) is 5. The van der Waals surface area contributed by atoms with Crippen LogP contribution in [0.15, 0.2) is 0 Å². The van der Waals surface area contributed by atoms with E-state index in [1.54, 1.807) is 4.90 Å². The van der Waals surface area contributed by atoms with E-state index in [2.05, 4.69) is 0 Å². The van der Waals surface area contributed by atoms with Gasteiger partial charge in [-0.15, -0.1) is 0 Å². The van der Waals surface area contributed by atoms with Gasteiger partial charge in [0.05, 0.1) is 0 Å². The van der Waals surface area contributed by atoms with Crippen molar-refractivity contribution in [1.82, 2.24) is 4.90 Å². The second-order valence-corrected chi connectivity index (χ2v) is 6.30. The molecule has 0 radical (unpaired) electrons. The van der Waals surface area contributed by atoms with Gasteiger partial charge in [-0.05, 0) is 40.0 Å². The number of carbonyl (C=O) groups excluding carboxylic acids is 2. The molecule has 6 nitrogen and oxygen atoms in total. The first-order chi connectivity index (χ1) is 9.78. The van der Waals surface area contributed by atoms with Crippen molar-refractivity contribution in [2.75, 3.05) is 20.8 Å². The molecule has 0 aromatic carbocycles. The Bertz CT molecular complexity index is 360. The molecule has 1 fully saturated rings. The first kappa shape index (κ1) is 17.9. The molecule has 0 bridgehead atoms. The summed E-state index contributed by atoms with van der Waals surface area (Å²) in [4.78, 5) is 26.0. The maximum Gasteiger partial charge on any atom is 0.410 e. The normalized spacial score (nSPS) is 19.7. The molecule has 1 heterocycles. The topological polar surface area (TPSA) is 65.1 Å². The third-order valence-corrected chi connectivity index (χ3v) is 3.38. The number of Topliss-reactive ketones (excluding diaryl/α,β-unsaturated/α-hetero) is 1. The molecule has 1 rings (SSSR count). The van der Waals surface area contributed by atoms with E-state index >= 15 is 0 Å². The van der Waals surface area contributed by atoms with Crippen LogP contribution in [0, 0.1) is 0 Å². The Morgan fingerprint density at radius 1 is 1.19 bits per heavy atom. The lowest BCUT2D eigenvalue weighted by Crippen LogP contribution is -2.47. The molecule has 21 heavy (non-hydrogen) atoms. The second kappa shape index (κ2) is 7.75. The second-order valence-electron chi connectivity index (χ2n) is 6.30. The molecule has 1 saturated heterocycles. The first-order valence-electron chi connectivity index (χ1n) is 7.36. The average Bonchev–Trinajstić information content (AvgIpc) is 2.38. The van der Waals surface area contributed by atoms with Crippen LogP contribution in [0.5, 0.6) is 0 Å². The van der Waals surface area contributed by atoms with Gasteiger partial charge in [0.15, 0.2) is 5.78 Å². The molecule has 0 aromatic heterocycles. The largest absolute Gasteiger partial charge is 0.444 e. The fourth-order valence-corrected chi connectivity index (χ4v) is 2.46. The predicted molar refractivity (Wildman–Crippen MR) is 78.0 cm³/mol. The van der Waals surface area contributed by atoms with Crippen molar-refractivity contribution >= 4 is 11.9 Å². The molecule has 0 saturated carbocycles. The van der Waals surface area contributed by atoms with Crippen molar-refractivity contribution in [1.29, 1.82) is 0 Å². The molecule has 1 atom stereocenters. The van der Waals surface area contributed by atoms with E-state index in [9.17, 15) is 9.59 Å². The number of ketones is 1. The van der Waals surface area contributed by atoms with Crippen LogP contribution in [-0.4, -0.2) is 55.5 Å². The number of nitrogens with zero attached hydrogens (tertiary/aromatic N) is 1. The fraction of sp³-hybridized carbons (Fsp3) is 0.867. The SMILES string of the molecule is COC(OC)C(=O)CC1CCCCN1C(=O)OC(C)(C)C. The quantitative estimate of drug-likeness (QED) is 0.729. The molecule has 1 aliphatic heterocycles. The van der Waals surface area contributed by atoms with Crippen LogP contribution in [0.1, 0.15) is 46.5 Å². The standard InChI is InChI=1S/C15H27NO5/c1-15(2,3)21-14(18)16-9-7-6-8-11(16)10-12(17)13(19-4)20-5/h11,13H,6-10H2,1-5H3. The summed E-state index contributed by atoms with van der Waals surface area (Å²) in [5, 5.41) is 0. The number of methoxy groups -OCH3 is 2. The summed E-state index contributed by atoms with van der Waals surface area (Å²) in [5.74, 6) is -0.152. The number of hydrogen-bond donors (Lipinski definition) is 0. The summed E-state index contributed by atoms with van der Waals surface area (Å²) in [7, 11) is 2.86. The third-order valence-electron chi connectivity index (χ3n) is 3.38. The van der Waals surface area contributed by atoms with Gasteiger partial charge < -0.3 is 19.1 Å². The summed E-state index contributed by atoms with van der Waals surface area (Å²) in [6.07, 6.45) is 1.74. The lowest BCUT2D eigenvalue weighted by Gasteiger charge is -2.36. The molecule has 1 unspecified atom stereocenters. The van der Waals surface area contributed by atoms with E-state index in [-0.39, 0.29) is 24.3 Å². The van der Waals surface area contributed by atoms with Gasteiger partial charge in [-0.1, -0.05) is 0 Å². The number of rotatable bonds is 5. The van der Waals surface area contributed by atoms with Crippen molar-refractivity contribution in [3.05, 3.63) is 0 Å². The Morgan fingerprint density at radius 3 is 2.33 bits per heavy atom. The van der Waals surface area contributed by atoms with Crippen molar-refractivity contribution in [3.8, 4) is 0 Å². The van der Waals surface area contributed by atoms with Crippen LogP contribution in [-0.2, 0) is 19.0 Å². The smallest absolute Gasteiger partial charge is 0.410 e. The van der Waals surface area contributed by atoms with Gasteiger partial charge in [-0.3, -0.25) is 4.79 Å². The highest BCUT2D eigenvalue weighted by molar-refractivity contribution is 5.83. The van der Waals surface area contributed by atoms with Crippen molar-refractivity contribution in [3.63, 3.8) is 0 Å². The summed E-state index contributed by atoms with van der Waals surface area (Å²) >= 11 is 0. The lowest BCUT2D eigenvalue weighted by molar-refractivity contribution is -0.158. The molecule has 1 amide bonds. The van der Waals surface area contributed by atoms with Crippen LogP contribution >= 0.6 is 0 Å². The van der Waals surface area contributed by atoms with Crippen LogP contribution in [0.3, 0.4) is 0 Å². The van der Waals surface area contributed by atoms with E-state index in [1.807, 2.05) is 20.8 Å². The Morgan fingerprint density at radius 2 is 1.81 bits per heavy atom. The van der Waals surface area contributed by atoms with Gasteiger partial charge in [0.1, 0.15) is 5.60 Å². The lowest BCUT2D eigenvalue weighted by atomic mass is 9.97. The van der Waals surface area contributed by atoms with E-state index in [0.717, 1.165) is 19.3 Å². The Hall–Kier alpha value is -1.14. The molecule has 0 aromatic rings. The molecular weight excluding hydrogens is 274 g/mol. The number of ether oxygens (including phenoxy) is 3. The minimum Gasteiger partial charge on any atom is -0.444 e. The summed E-state index contributed by atoms with van der Waals surface area (Å²) in [6, 6.07) is -0.145. The van der Waals surface area contributed by atoms with Gasteiger partial charge in [0.2, 0.25) is 6.29 Å². The fourth-order valence-electron chi connectivity index (χ4n) is 2.46. The minimum atomic E-state index is -0.868. The van der Waals surface area contributed by atoms with Crippen LogP contribution < -0.4 is 0 Å². The molecule has 0 N–H and O–H groups in total. The number of likely N-dealkylation sites (tertiary alicyclic amines) is 1. The highest BCUT2D eigenvalue weighted by Gasteiger charge is 2.33. The summed E-state index contributed by atoms with van der Waals surface area (Å²) < 4.78 is 15.4. The van der Waals surface area contributed by atoms with Gasteiger partial charge in [-0.25, -0.2) is 4.79 Å².